The van der Waals surface area contributed by atoms with Gasteiger partial charge in [0, 0.05) is 21.9 Å². The van der Waals surface area contributed by atoms with Crippen molar-refractivity contribution in [1.82, 2.24) is 10.1 Å². The molecule has 1 fully saturated rings. The molecule has 32 heavy (non-hydrogen) atoms. The number of hydrogen-bond acceptors (Lipinski definition) is 6. The summed E-state index contributed by atoms with van der Waals surface area (Å²) in [6.45, 7) is 5.34. The van der Waals surface area contributed by atoms with E-state index >= 15 is 0 Å². The molecule has 0 aliphatic carbocycles. The smallest absolute Gasteiger partial charge is 0.161 e. The normalized spacial score (nSPS) is 15.2. The summed E-state index contributed by atoms with van der Waals surface area (Å²) in [6, 6.07) is 11.1. The lowest BCUT2D eigenvalue weighted by atomic mass is 9.92. The van der Waals surface area contributed by atoms with Gasteiger partial charge in [0.2, 0.25) is 0 Å². The summed E-state index contributed by atoms with van der Waals surface area (Å²) in [7, 11) is 1.59. The number of methoxy groups -OCH3 is 1. The topological polar surface area (TPSA) is 64.8 Å². The van der Waals surface area contributed by atoms with Gasteiger partial charge in [0.1, 0.15) is 11.3 Å². The third-order valence-electron chi connectivity index (χ3n) is 6.12. The van der Waals surface area contributed by atoms with Crippen molar-refractivity contribution >= 4 is 28.3 Å². The second-order valence-electron chi connectivity index (χ2n) is 8.30. The Morgan fingerprint density at radius 2 is 1.97 bits per heavy atom. The molecule has 1 aliphatic rings. The molecule has 0 N–H and O–H groups in total. The van der Waals surface area contributed by atoms with E-state index in [4.69, 9.17) is 25.6 Å². The molecule has 7 heteroatoms. The van der Waals surface area contributed by atoms with Crippen LogP contribution in [0.4, 0.5) is 0 Å². The third kappa shape index (κ3) is 5.25. The van der Waals surface area contributed by atoms with Crippen LogP contribution in [-0.4, -0.2) is 49.2 Å². The first-order valence-corrected chi connectivity index (χ1v) is 11.5. The largest absolute Gasteiger partial charge is 0.493 e. The number of ether oxygens (including phenoxy) is 2. The summed E-state index contributed by atoms with van der Waals surface area (Å²) in [5.74, 6) is 2.70. The number of fused-ring (bicyclic) bond motifs is 1. The van der Waals surface area contributed by atoms with Gasteiger partial charge in [0.15, 0.2) is 17.3 Å². The molecule has 1 saturated heterocycles. The molecule has 3 aromatic rings. The van der Waals surface area contributed by atoms with Gasteiger partial charge in [-0.15, -0.1) is 0 Å². The zero-order valence-corrected chi connectivity index (χ0v) is 19.4. The van der Waals surface area contributed by atoms with Gasteiger partial charge in [-0.05, 0) is 88.6 Å². The Morgan fingerprint density at radius 1 is 1.16 bits per heavy atom. The molecule has 0 saturated carbocycles. The molecule has 0 unspecified atom stereocenters. The highest BCUT2D eigenvalue weighted by atomic mass is 35.5. The van der Waals surface area contributed by atoms with Gasteiger partial charge in [0.05, 0.1) is 13.7 Å². The van der Waals surface area contributed by atoms with Crippen LogP contribution in [0.1, 0.15) is 54.6 Å². The predicted molar refractivity (Wildman–Crippen MR) is 125 cm³/mol. The van der Waals surface area contributed by atoms with Crippen molar-refractivity contribution in [3.63, 3.8) is 0 Å². The van der Waals surface area contributed by atoms with Crippen LogP contribution in [0.25, 0.3) is 10.9 Å². The van der Waals surface area contributed by atoms with Crippen molar-refractivity contribution in [2.45, 2.75) is 38.5 Å². The Hall–Kier alpha value is -2.57. The highest BCUT2D eigenvalue weighted by Gasteiger charge is 2.25. The number of unbranched alkanes of at least 4 members (excludes halogenated alkanes) is 1. The molecule has 170 valence electrons. The summed E-state index contributed by atoms with van der Waals surface area (Å²) in [5, 5.41) is 5.95. The molecular weight excluding hydrogens is 428 g/mol. The Balaban J connectivity index is 1.19. The molecule has 1 aliphatic heterocycles. The van der Waals surface area contributed by atoms with E-state index < -0.39 is 0 Å². The second kappa shape index (κ2) is 10.4. The summed E-state index contributed by atoms with van der Waals surface area (Å²) in [4.78, 5) is 14.0. The number of ketones is 1. The third-order valence-corrected chi connectivity index (χ3v) is 6.36. The van der Waals surface area contributed by atoms with Crippen LogP contribution in [0.5, 0.6) is 11.5 Å². The Bertz CT molecular complexity index is 1070. The number of Topliss-reactive ketones (excluding diaryl/α,β-unsaturated/α-hetero) is 1. The predicted octanol–water partition coefficient (Wildman–Crippen LogP) is 5.73. The van der Waals surface area contributed by atoms with Crippen LogP contribution in [-0.2, 0) is 0 Å². The van der Waals surface area contributed by atoms with Gasteiger partial charge in [-0.25, -0.2) is 0 Å². The van der Waals surface area contributed by atoms with E-state index in [0.29, 0.717) is 34.6 Å². The zero-order valence-electron chi connectivity index (χ0n) is 18.6. The average molecular weight is 457 g/mol. The van der Waals surface area contributed by atoms with Gasteiger partial charge in [-0.3, -0.25) is 4.79 Å². The molecule has 0 amide bonds. The number of aromatic nitrogens is 1. The minimum Gasteiger partial charge on any atom is -0.493 e. The molecular formula is C25H29ClN2O4. The minimum absolute atomic E-state index is 0.0134. The van der Waals surface area contributed by atoms with E-state index in [2.05, 4.69) is 10.1 Å². The van der Waals surface area contributed by atoms with E-state index in [9.17, 15) is 4.79 Å². The molecule has 0 atom stereocenters. The lowest BCUT2D eigenvalue weighted by Crippen LogP contribution is -2.33. The molecule has 2 heterocycles. The van der Waals surface area contributed by atoms with Crippen LogP contribution in [0, 0.1) is 0 Å². The number of rotatable bonds is 9. The summed E-state index contributed by atoms with van der Waals surface area (Å²) >= 11 is 6.06. The number of carbonyl (C=O) groups is 1. The SMILES string of the molecule is COc1cc(C(C)=O)ccc1OCCCCN1CCC(c2onc3cc(Cl)ccc23)CC1. The van der Waals surface area contributed by atoms with Gasteiger partial charge < -0.3 is 18.9 Å². The maximum Gasteiger partial charge on any atom is 0.161 e. The number of benzene rings is 2. The zero-order chi connectivity index (χ0) is 22.5. The lowest BCUT2D eigenvalue weighted by Gasteiger charge is -2.30. The average Bonchev–Trinajstić information content (AvgIpc) is 3.22. The van der Waals surface area contributed by atoms with Crippen LogP contribution < -0.4 is 9.47 Å². The maximum atomic E-state index is 11.5. The monoisotopic (exact) mass is 456 g/mol. The van der Waals surface area contributed by atoms with Gasteiger partial charge in [-0.2, -0.15) is 0 Å². The lowest BCUT2D eigenvalue weighted by molar-refractivity contribution is 0.101. The Labute approximate surface area is 193 Å². The van der Waals surface area contributed by atoms with Crippen LogP contribution in [0.3, 0.4) is 0 Å². The molecule has 0 bridgehead atoms. The van der Waals surface area contributed by atoms with Gasteiger partial charge in [0.25, 0.3) is 0 Å². The number of likely N-dealkylation sites (tertiary alicyclic amines) is 1. The quantitative estimate of drug-likeness (QED) is 0.302. The summed E-state index contributed by atoms with van der Waals surface area (Å²) in [5.41, 5.74) is 1.46. The number of nitrogens with zero attached hydrogens (tertiary/aromatic N) is 2. The molecule has 4 rings (SSSR count). The number of piperidine rings is 1. The van der Waals surface area contributed by atoms with Crippen LogP contribution >= 0.6 is 11.6 Å². The fraction of sp³-hybridized carbons (Fsp3) is 0.440. The van der Waals surface area contributed by atoms with Crippen molar-refractivity contribution in [2.75, 3.05) is 33.4 Å². The second-order valence-corrected chi connectivity index (χ2v) is 8.74. The summed E-state index contributed by atoms with van der Waals surface area (Å²) < 4.78 is 16.9. The molecule has 2 aromatic carbocycles. The molecule has 6 nitrogen and oxygen atoms in total. The fourth-order valence-corrected chi connectivity index (χ4v) is 4.44. The Morgan fingerprint density at radius 3 is 2.72 bits per heavy atom. The van der Waals surface area contributed by atoms with Crippen molar-refractivity contribution in [3.8, 4) is 11.5 Å². The van der Waals surface area contributed by atoms with Crippen molar-refractivity contribution in [2.24, 2.45) is 0 Å². The highest BCUT2D eigenvalue weighted by Crippen LogP contribution is 2.34. The van der Waals surface area contributed by atoms with E-state index in [1.165, 1.54) is 0 Å². The minimum atomic E-state index is 0.0134. The number of carbonyl (C=O) groups excluding carboxylic acids is 1. The molecule has 1 aromatic heterocycles. The van der Waals surface area contributed by atoms with Crippen LogP contribution in [0.2, 0.25) is 5.02 Å². The fourth-order valence-electron chi connectivity index (χ4n) is 4.27. The van der Waals surface area contributed by atoms with Crippen LogP contribution in [0.15, 0.2) is 40.9 Å². The standard InChI is InChI=1S/C25H29ClN2O4/c1-17(29)19-5-8-23(24(15-19)30-2)31-14-4-3-11-28-12-9-18(10-13-28)25-21-7-6-20(26)16-22(21)27-32-25/h5-8,15-16,18H,3-4,9-14H2,1-2H3. The molecule has 0 radical (unpaired) electrons. The first-order valence-electron chi connectivity index (χ1n) is 11.1. The highest BCUT2D eigenvalue weighted by molar-refractivity contribution is 6.31. The van der Waals surface area contributed by atoms with E-state index in [1.807, 2.05) is 24.3 Å². The van der Waals surface area contributed by atoms with Gasteiger partial charge in [-0.1, -0.05) is 16.8 Å². The van der Waals surface area contributed by atoms with E-state index in [-0.39, 0.29) is 5.78 Å². The summed E-state index contributed by atoms with van der Waals surface area (Å²) in [6.07, 6.45) is 4.18. The first kappa shape index (κ1) is 22.6. The number of hydrogen-bond donors (Lipinski definition) is 0. The van der Waals surface area contributed by atoms with Crippen molar-refractivity contribution < 1.29 is 18.8 Å². The van der Waals surface area contributed by atoms with Crippen molar-refractivity contribution in [3.05, 3.63) is 52.7 Å². The van der Waals surface area contributed by atoms with Crippen molar-refractivity contribution in [1.29, 1.82) is 0 Å². The Kier molecular flexibility index (Phi) is 7.33. The van der Waals surface area contributed by atoms with E-state index in [1.54, 1.807) is 26.2 Å². The maximum absolute atomic E-state index is 11.5. The number of halogens is 1. The first-order chi connectivity index (χ1) is 15.5. The molecule has 0 spiro atoms. The van der Waals surface area contributed by atoms with E-state index in [0.717, 1.165) is 62.0 Å². The van der Waals surface area contributed by atoms with Gasteiger partial charge >= 0.3 is 0 Å².